The molecule has 4 atom stereocenters. The molecule has 3 N–H and O–H groups in total. The Kier molecular flexibility index (Phi) is 7.21. The standard InChI is InChI=1S/C11H9FN2O2.C11H10N2O3/c1-13-8-4-2-7(3-5-8)10-9(6-12)14-11(15)16-10;1-12-8-4-2-7(3-5-8)10-9(6-14)13-11(15)16-10/h2-5,9-10H,6H2,(H,14,15);2-5,9-10,14H,6H2,(H,13,15)/t2*9-,10-/m11/s1. The molecular weight excluding hydrogens is 419 g/mol. The predicted molar refractivity (Wildman–Crippen MR) is 111 cm³/mol. The number of aliphatic hydroxyl groups is 1. The number of benzene rings is 2. The fourth-order valence-electron chi connectivity index (χ4n) is 3.26. The van der Waals surface area contributed by atoms with Crippen LogP contribution in [0.4, 0.5) is 25.4 Å². The van der Waals surface area contributed by atoms with Crippen molar-refractivity contribution in [1.82, 2.24) is 10.6 Å². The number of aliphatic hydroxyl groups excluding tert-OH is 1. The average molecular weight is 438 g/mol. The number of nitrogens with one attached hydrogen (secondary N) is 2. The lowest BCUT2D eigenvalue weighted by Gasteiger charge is -2.14. The highest BCUT2D eigenvalue weighted by atomic mass is 19.1. The van der Waals surface area contributed by atoms with Crippen LogP contribution in [0, 0.1) is 13.1 Å². The predicted octanol–water partition coefficient (Wildman–Crippen LogP) is 3.74. The third-order valence-corrected chi connectivity index (χ3v) is 4.87. The summed E-state index contributed by atoms with van der Waals surface area (Å²) in [6.45, 7) is 12.8. The molecule has 0 bridgehead atoms. The molecule has 2 amide bonds. The molecular formula is C22H19FN4O5. The molecule has 0 aliphatic carbocycles. The fraction of sp³-hybridized carbons (Fsp3) is 0.273. The van der Waals surface area contributed by atoms with E-state index in [0.29, 0.717) is 16.9 Å². The van der Waals surface area contributed by atoms with Gasteiger partial charge >= 0.3 is 12.2 Å². The van der Waals surface area contributed by atoms with Gasteiger partial charge in [-0.1, -0.05) is 48.5 Å². The lowest BCUT2D eigenvalue weighted by molar-refractivity contribution is 0.119. The molecule has 4 rings (SSSR count). The highest BCUT2D eigenvalue weighted by Gasteiger charge is 2.35. The van der Waals surface area contributed by atoms with Gasteiger partial charge in [0.25, 0.3) is 0 Å². The van der Waals surface area contributed by atoms with Gasteiger partial charge in [0.2, 0.25) is 0 Å². The number of halogens is 1. The molecule has 2 heterocycles. The maximum Gasteiger partial charge on any atom is 0.408 e. The summed E-state index contributed by atoms with van der Waals surface area (Å²) in [5.41, 5.74) is 2.48. The van der Waals surface area contributed by atoms with E-state index in [4.69, 9.17) is 27.7 Å². The molecule has 0 aromatic heterocycles. The third-order valence-electron chi connectivity index (χ3n) is 4.87. The number of amides is 2. The van der Waals surface area contributed by atoms with Crippen LogP contribution < -0.4 is 10.6 Å². The smallest absolute Gasteiger partial charge is 0.408 e. The van der Waals surface area contributed by atoms with Crippen molar-refractivity contribution in [2.75, 3.05) is 13.3 Å². The van der Waals surface area contributed by atoms with Crippen LogP contribution in [0.25, 0.3) is 9.69 Å². The van der Waals surface area contributed by atoms with E-state index in [1.54, 1.807) is 48.5 Å². The van der Waals surface area contributed by atoms with Gasteiger partial charge in [0.1, 0.15) is 12.7 Å². The second-order valence-corrected chi connectivity index (χ2v) is 6.90. The van der Waals surface area contributed by atoms with Crippen molar-refractivity contribution < 1.29 is 28.6 Å². The number of nitrogens with zero attached hydrogens (tertiary/aromatic N) is 2. The van der Waals surface area contributed by atoms with Crippen molar-refractivity contribution in [2.45, 2.75) is 24.3 Å². The van der Waals surface area contributed by atoms with Gasteiger partial charge < -0.3 is 25.2 Å². The normalized spacial score (nSPS) is 23.4. The summed E-state index contributed by atoms with van der Waals surface area (Å²) in [6.07, 6.45) is -2.24. The van der Waals surface area contributed by atoms with Crippen molar-refractivity contribution in [3.8, 4) is 0 Å². The number of carbonyl (C=O) groups is 2. The molecule has 2 aromatic rings. The van der Waals surface area contributed by atoms with Crippen molar-refractivity contribution >= 4 is 23.6 Å². The van der Waals surface area contributed by atoms with E-state index in [1.165, 1.54) is 0 Å². The molecule has 0 unspecified atom stereocenters. The number of rotatable bonds is 4. The van der Waals surface area contributed by atoms with Gasteiger partial charge in [-0.25, -0.2) is 23.7 Å². The number of alkyl carbamates (subject to hydrolysis) is 2. The van der Waals surface area contributed by atoms with Gasteiger partial charge in [0.15, 0.2) is 23.6 Å². The molecule has 2 saturated heterocycles. The maximum absolute atomic E-state index is 12.6. The van der Waals surface area contributed by atoms with Gasteiger partial charge in [-0.2, -0.15) is 0 Å². The zero-order valence-corrected chi connectivity index (χ0v) is 16.7. The Labute approximate surface area is 183 Å². The number of hydrogen-bond acceptors (Lipinski definition) is 5. The molecule has 10 heteroatoms. The van der Waals surface area contributed by atoms with E-state index < -0.39 is 43.2 Å². The highest BCUT2D eigenvalue weighted by molar-refractivity contribution is 5.71. The Morgan fingerprint density at radius 3 is 1.59 bits per heavy atom. The van der Waals surface area contributed by atoms with Gasteiger partial charge in [-0.3, -0.25) is 0 Å². The minimum Gasteiger partial charge on any atom is -0.439 e. The fourth-order valence-corrected chi connectivity index (χ4v) is 3.26. The van der Waals surface area contributed by atoms with Gasteiger partial charge in [0, 0.05) is 0 Å². The van der Waals surface area contributed by atoms with Crippen LogP contribution in [-0.4, -0.2) is 42.7 Å². The molecule has 2 aromatic carbocycles. The first-order valence-electron chi connectivity index (χ1n) is 9.55. The lowest BCUT2D eigenvalue weighted by atomic mass is 10.0. The van der Waals surface area contributed by atoms with E-state index in [2.05, 4.69) is 20.3 Å². The Morgan fingerprint density at radius 1 is 0.812 bits per heavy atom. The van der Waals surface area contributed by atoms with Crippen molar-refractivity contribution in [3.63, 3.8) is 0 Å². The molecule has 32 heavy (non-hydrogen) atoms. The number of hydrogen-bond donors (Lipinski definition) is 3. The summed E-state index contributed by atoms with van der Waals surface area (Å²) in [5.74, 6) is 0. The number of ether oxygens (including phenoxy) is 2. The Bertz CT molecular complexity index is 960. The van der Waals surface area contributed by atoms with E-state index in [0.717, 1.165) is 5.56 Å². The second-order valence-electron chi connectivity index (χ2n) is 6.90. The zero-order valence-electron chi connectivity index (χ0n) is 16.7. The first kappa shape index (κ1) is 22.5. The average Bonchev–Trinajstić information content (AvgIpc) is 3.41. The molecule has 164 valence electrons. The quantitative estimate of drug-likeness (QED) is 0.631. The topological polar surface area (TPSA) is 106 Å². The van der Waals surface area contributed by atoms with Crippen LogP contribution >= 0.6 is 0 Å². The second kappa shape index (κ2) is 10.2. The number of cyclic esters (lactones) is 2. The van der Waals surface area contributed by atoms with E-state index in [1.807, 2.05) is 0 Å². The maximum atomic E-state index is 12.6. The summed E-state index contributed by atoms with van der Waals surface area (Å²) in [5, 5.41) is 14.0. The molecule has 2 fully saturated rings. The third kappa shape index (κ3) is 5.12. The number of carbonyl (C=O) groups excluding carboxylic acids is 2. The largest absolute Gasteiger partial charge is 0.439 e. The first-order valence-corrected chi connectivity index (χ1v) is 9.55. The number of alkyl halides is 1. The molecule has 0 spiro atoms. The lowest BCUT2D eigenvalue weighted by Crippen LogP contribution is -2.31. The molecule has 0 saturated carbocycles. The van der Waals surface area contributed by atoms with Crippen molar-refractivity contribution in [1.29, 1.82) is 0 Å². The van der Waals surface area contributed by atoms with Crippen LogP contribution in [0.1, 0.15) is 23.3 Å². The molecule has 0 radical (unpaired) electrons. The Balaban J connectivity index is 0.000000181. The summed E-state index contributed by atoms with van der Waals surface area (Å²) in [6, 6.07) is 12.3. The van der Waals surface area contributed by atoms with E-state index in [-0.39, 0.29) is 6.61 Å². The van der Waals surface area contributed by atoms with Crippen molar-refractivity contribution in [2.24, 2.45) is 0 Å². The minimum absolute atomic E-state index is 0.180. The van der Waals surface area contributed by atoms with E-state index >= 15 is 0 Å². The molecule has 9 nitrogen and oxygen atoms in total. The SMILES string of the molecule is [C-]#[N+]c1ccc([C@H]2OC(=O)N[C@@H]2CF)cc1.[C-]#[N+]c1ccc([C@H]2OC(=O)N[C@@H]2CO)cc1. The highest BCUT2D eigenvalue weighted by Crippen LogP contribution is 2.29. The van der Waals surface area contributed by atoms with Crippen LogP contribution in [0.15, 0.2) is 48.5 Å². The summed E-state index contributed by atoms with van der Waals surface area (Å²) < 4.78 is 22.6. The monoisotopic (exact) mass is 438 g/mol. The van der Waals surface area contributed by atoms with Crippen LogP contribution in [-0.2, 0) is 9.47 Å². The Morgan fingerprint density at radius 2 is 1.22 bits per heavy atom. The minimum atomic E-state index is -0.680. The van der Waals surface area contributed by atoms with Crippen LogP contribution in [0.5, 0.6) is 0 Å². The first-order chi connectivity index (χ1) is 15.5. The Hall–Kier alpha value is -4.15. The van der Waals surface area contributed by atoms with Gasteiger partial charge in [-0.15, -0.1) is 0 Å². The van der Waals surface area contributed by atoms with Crippen molar-refractivity contribution in [3.05, 3.63) is 82.5 Å². The molecule has 2 aliphatic rings. The summed E-state index contributed by atoms with van der Waals surface area (Å²) >= 11 is 0. The molecule has 2 aliphatic heterocycles. The van der Waals surface area contributed by atoms with Gasteiger partial charge in [-0.05, 0) is 11.1 Å². The summed E-state index contributed by atoms with van der Waals surface area (Å²) in [4.78, 5) is 28.5. The zero-order chi connectivity index (χ0) is 23.1. The van der Waals surface area contributed by atoms with E-state index in [9.17, 15) is 14.0 Å². The van der Waals surface area contributed by atoms with Crippen LogP contribution in [0.3, 0.4) is 0 Å². The van der Waals surface area contributed by atoms with Crippen LogP contribution in [0.2, 0.25) is 0 Å². The summed E-state index contributed by atoms with van der Waals surface area (Å²) in [7, 11) is 0. The van der Waals surface area contributed by atoms with Gasteiger partial charge in [0.05, 0.1) is 25.8 Å².